The first-order chi connectivity index (χ1) is 15.5. The summed E-state index contributed by atoms with van der Waals surface area (Å²) in [5.41, 5.74) is 2.30. The molecule has 10 heteroatoms. The molecule has 4 rings (SSSR count). The van der Waals surface area contributed by atoms with Crippen LogP contribution in [0.1, 0.15) is 11.1 Å². The van der Waals surface area contributed by atoms with E-state index in [-0.39, 0.29) is 11.5 Å². The zero-order chi connectivity index (χ0) is 22.5. The fourth-order valence-corrected chi connectivity index (χ4v) is 4.07. The molecule has 1 fully saturated rings. The topological polar surface area (TPSA) is 105 Å². The first-order valence-corrected chi connectivity index (χ1v) is 10.8. The van der Waals surface area contributed by atoms with Crippen LogP contribution in [0.5, 0.6) is 0 Å². The van der Waals surface area contributed by atoms with Crippen LogP contribution in [0.2, 0.25) is 0 Å². The second-order valence-electron chi connectivity index (χ2n) is 6.98. The summed E-state index contributed by atoms with van der Waals surface area (Å²) < 4.78 is 18.9. The average molecular weight is 451 g/mol. The highest BCUT2D eigenvalue weighted by molar-refractivity contribution is 7.98. The molecular formula is C22H18FN5O3S. The van der Waals surface area contributed by atoms with Crippen LogP contribution in [0.3, 0.4) is 0 Å². The van der Waals surface area contributed by atoms with Crippen molar-refractivity contribution in [2.75, 3.05) is 31.2 Å². The van der Waals surface area contributed by atoms with E-state index in [9.17, 15) is 19.8 Å². The maximum Gasteiger partial charge on any atom is 0.269 e. The minimum atomic E-state index is -0.440. The van der Waals surface area contributed by atoms with Gasteiger partial charge < -0.3 is 9.64 Å². The summed E-state index contributed by atoms with van der Waals surface area (Å²) in [5.74, 6) is 0.647. The Morgan fingerprint density at radius 2 is 1.81 bits per heavy atom. The highest BCUT2D eigenvalue weighted by atomic mass is 32.2. The number of nitriles is 1. The lowest BCUT2D eigenvalue weighted by atomic mass is 10.1. The van der Waals surface area contributed by atoms with Crippen molar-refractivity contribution in [1.29, 1.82) is 5.26 Å². The van der Waals surface area contributed by atoms with Crippen molar-refractivity contribution in [3.05, 3.63) is 75.6 Å². The molecule has 162 valence electrons. The van der Waals surface area contributed by atoms with Gasteiger partial charge in [0, 0.05) is 36.5 Å². The molecule has 2 aromatic carbocycles. The SMILES string of the molecule is N#Cc1c(-c2ccc(F)cc2)nc(SCc2ccc([N+](=O)[O-])cc2)nc1N1CCOCC1. The molecule has 0 N–H and O–H groups in total. The second kappa shape index (κ2) is 9.72. The molecular weight excluding hydrogens is 433 g/mol. The Kier molecular flexibility index (Phi) is 6.58. The summed E-state index contributed by atoms with van der Waals surface area (Å²) in [4.78, 5) is 21.7. The van der Waals surface area contributed by atoms with Gasteiger partial charge in [-0.2, -0.15) is 5.26 Å². The van der Waals surface area contributed by atoms with Crippen LogP contribution in [-0.4, -0.2) is 41.2 Å². The van der Waals surface area contributed by atoms with Gasteiger partial charge in [0.25, 0.3) is 5.69 Å². The molecule has 1 aromatic heterocycles. The smallest absolute Gasteiger partial charge is 0.269 e. The van der Waals surface area contributed by atoms with E-state index in [4.69, 9.17) is 4.74 Å². The molecule has 0 saturated carbocycles. The number of nitrogens with zero attached hydrogens (tertiary/aromatic N) is 5. The van der Waals surface area contributed by atoms with Crippen LogP contribution < -0.4 is 4.90 Å². The Hall–Kier alpha value is -3.55. The summed E-state index contributed by atoms with van der Waals surface area (Å²) in [7, 11) is 0. The van der Waals surface area contributed by atoms with Crippen LogP contribution in [0.4, 0.5) is 15.9 Å². The lowest BCUT2D eigenvalue weighted by Gasteiger charge is -2.29. The van der Waals surface area contributed by atoms with Crippen molar-refractivity contribution in [3.8, 4) is 17.3 Å². The Morgan fingerprint density at radius 1 is 1.12 bits per heavy atom. The molecule has 0 aliphatic carbocycles. The molecule has 3 aromatic rings. The maximum absolute atomic E-state index is 13.5. The van der Waals surface area contributed by atoms with E-state index in [1.807, 2.05) is 4.90 Å². The summed E-state index contributed by atoms with van der Waals surface area (Å²) >= 11 is 1.36. The summed E-state index contributed by atoms with van der Waals surface area (Å²) in [6.45, 7) is 2.26. The number of anilines is 1. The van der Waals surface area contributed by atoms with Gasteiger partial charge in [0.2, 0.25) is 0 Å². The van der Waals surface area contributed by atoms with Crippen LogP contribution in [0.25, 0.3) is 11.3 Å². The van der Waals surface area contributed by atoms with E-state index >= 15 is 0 Å². The van der Waals surface area contributed by atoms with E-state index in [2.05, 4.69) is 16.0 Å². The predicted molar refractivity (Wildman–Crippen MR) is 118 cm³/mol. The number of aromatic nitrogens is 2. The molecule has 0 atom stereocenters. The van der Waals surface area contributed by atoms with E-state index in [0.29, 0.717) is 59.9 Å². The molecule has 0 spiro atoms. The van der Waals surface area contributed by atoms with E-state index in [1.54, 1.807) is 24.3 Å². The molecule has 0 unspecified atom stereocenters. The van der Waals surface area contributed by atoms with E-state index in [0.717, 1.165) is 5.56 Å². The molecule has 8 nitrogen and oxygen atoms in total. The molecule has 1 aliphatic rings. The van der Waals surface area contributed by atoms with Gasteiger partial charge in [-0.05, 0) is 29.8 Å². The normalized spacial score (nSPS) is 13.6. The number of halogens is 1. The van der Waals surface area contributed by atoms with Crippen LogP contribution in [-0.2, 0) is 10.5 Å². The van der Waals surface area contributed by atoms with Crippen molar-refractivity contribution in [2.45, 2.75) is 10.9 Å². The second-order valence-corrected chi connectivity index (χ2v) is 7.93. The molecule has 32 heavy (non-hydrogen) atoms. The average Bonchev–Trinajstić information content (AvgIpc) is 2.83. The third-order valence-corrected chi connectivity index (χ3v) is 5.84. The van der Waals surface area contributed by atoms with Crippen molar-refractivity contribution in [1.82, 2.24) is 9.97 Å². The number of benzene rings is 2. The number of hydrogen-bond acceptors (Lipinski definition) is 8. The fourth-order valence-electron chi connectivity index (χ4n) is 3.28. The summed E-state index contributed by atoms with van der Waals surface area (Å²) in [5, 5.41) is 21.2. The van der Waals surface area contributed by atoms with Gasteiger partial charge in [0.1, 0.15) is 17.4 Å². The van der Waals surface area contributed by atoms with Gasteiger partial charge in [0.15, 0.2) is 11.0 Å². The largest absolute Gasteiger partial charge is 0.378 e. The molecule has 0 amide bonds. The van der Waals surface area contributed by atoms with E-state index in [1.165, 1.54) is 36.0 Å². The quantitative estimate of drug-likeness (QED) is 0.238. The third kappa shape index (κ3) is 4.85. The maximum atomic E-state index is 13.5. The predicted octanol–water partition coefficient (Wildman–Crippen LogP) is 4.19. The number of nitro benzene ring substituents is 1. The number of ether oxygens (including phenoxy) is 1. The Bertz CT molecular complexity index is 1160. The van der Waals surface area contributed by atoms with Crippen molar-refractivity contribution in [3.63, 3.8) is 0 Å². The molecule has 0 bridgehead atoms. The Balaban J connectivity index is 1.69. The molecule has 2 heterocycles. The number of non-ortho nitro benzene ring substituents is 1. The lowest BCUT2D eigenvalue weighted by molar-refractivity contribution is -0.384. The van der Waals surface area contributed by atoms with Crippen LogP contribution in [0.15, 0.2) is 53.7 Å². The van der Waals surface area contributed by atoms with Gasteiger partial charge in [0.05, 0.1) is 23.8 Å². The number of nitro groups is 1. The van der Waals surface area contributed by atoms with Crippen LogP contribution >= 0.6 is 11.8 Å². The standard InChI is InChI=1S/C22H18FN5O3S/c23-17-5-3-16(4-6-17)20-19(13-24)21(27-9-11-31-12-10-27)26-22(25-20)32-14-15-1-7-18(8-2-15)28(29)30/h1-8H,9-12,14H2. The Labute approximate surface area is 187 Å². The highest BCUT2D eigenvalue weighted by Crippen LogP contribution is 2.32. The number of thioether (sulfide) groups is 1. The number of hydrogen-bond donors (Lipinski definition) is 0. The van der Waals surface area contributed by atoms with E-state index < -0.39 is 4.92 Å². The lowest BCUT2D eigenvalue weighted by Crippen LogP contribution is -2.37. The van der Waals surface area contributed by atoms with Gasteiger partial charge >= 0.3 is 0 Å². The first kappa shape index (κ1) is 21.7. The summed E-state index contributed by atoms with van der Waals surface area (Å²) in [6.07, 6.45) is 0. The minimum absolute atomic E-state index is 0.0292. The third-order valence-electron chi connectivity index (χ3n) is 4.92. The highest BCUT2D eigenvalue weighted by Gasteiger charge is 2.22. The Morgan fingerprint density at radius 3 is 2.44 bits per heavy atom. The van der Waals surface area contributed by atoms with Gasteiger partial charge in [-0.15, -0.1) is 0 Å². The van der Waals surface area contributed by atoms with Crippen molar-refractivity contribution in [2.24, 2.45) is 0 Å². The molecule has 1 aliphatic heterocycles. The van der Waals surface area contributed by atoms with Gasteiger partial charge in [-0.1, -0.05) is 23.9 Å². The first-order valence-electron chi connectivity index (χ1n) is 9.82. The number of rotatable bonds is 6. The monoisotopic (exact) mass is 451 g/mol. The molecule has 1 saturated heterocycles. The molecule has 0 radical (unpaired) electrons. The summed E-state index contributed by atoms with van der Waals surface area (Å²) in [6, 6.07) is 14.4. The zero-order valence-electron chi connectivity index (χ0n) is 16.9. The van der Waals surface area contributed by atoms with Gasteiger partial charge in [-0.25, -0.2) is 14.4 Å². The van der Waals surface area contributed by atoms with Crippen molar-refractivity contribution < 1.29 is 14.1 Å². The zero-order valence-corrected chi connectivity index (χ0v) is 17.7. The van der Waals surface area contributed by atoms with Crippen LogP contribution in [0, 0.1) is 27.3 Å². The number of morpholine rings is 1. The van der Waals surface area contributed by atoms with Gasteiger partial charge in [-0.3, -0.25) is 10.1 Å². The fraction of sp³-hybridized carbons (Fsp3) is 0.227. The minimum Gasteiger partial charge on any atom is -0.378 e. The van der Waals surface area contributed by atoms with Crippen molar-refractivity contribution >= 4 is 23.3 Å².